The van der Waals surface area contributed by atoms with Gasteiger partial charge in [0, 0.05) is 18.0 Å². The van der Waals surface area contributed by atoms with Gasteiger partial charge in [-0.25, -0.2) is 9.37 Å². The van der Waals surface area contributed by atoms with E-state index in [2.05, 4.69) is 11.1 Å². The Hall–Kier alpha value is -3.67. The number of carbonyl (C=O) groups is 1. The van der Waals surface area contributed by atoms with Crippen molar-refractivity contribution in [3.05, 3.63) is 83.9 Å². The van der Waals surface area contributed by atoms with Gasteiger partial charge in [0.2, 0.25) is 0 Å². The summed E-state index contributed by atoms with van der Waals surface area (Å²) in [5, 5.41) is 9.78. The third-order valence-electron chi connectivity index (χ3n) is 4.98. The highest BCUT2D eigenvalue weighted by molar-refractivity contribution is 5.79. The number of fused-ring (bicyclic) bond motifs is 1. The Morgan fingerprint density at radius 3 is 2.87 bits per heavy atom. The molecule has 6 heteroatoms. The highest BCUT2D eigenvalue weighted by Crippen LogP contribution is 2.25. The topological polar surface area (TPSA) is 64.4 Å². The zero-order valence-corrected chi connectivity index (χ0v) is 16.5. The second-order valence-electron chi connectivity index (χ2n) is 7.18. The summed E-state index contributed by atoms with van der Waals surface area (Å²) in [5.74, 6) is -0.526. The van der Waals surface area contributed by atoms with E-state index in [0.29, 0.717) is 24.4 Å². The lowest BCUT2D eigenvalue weighted by Gasteiger charge is -2.10. The second-order valence-corrected chi connectivity index (χ2v) is 7.18. The number of carboxylic acids is 1. The largest absolute Gasteiger partial charge is 0.492 e. The van der Waals surface area contributed by atoms with Crippen molar-refractivity contribution in [1.29, 1.82) is 0 Å². The third kappa shape index (κ3) is 4.33. The van der Waals surface area contributed by atoms with Crippen LogP contribution in [0.25, 0.3) is 22.2 Å². The summed E-state index contributed by atoms with van der Waals surface area (Å²) < 4.78 is 21.1. The second kappa shape index (κ2) is 8.37. The zero-order valence-electron chi connectivity index (χ0n) is 16.5. The number of aliphatic carboxylic acids is 1. The molecule has 5 nitrogen and oxygen atoms in total. The molecule has 0 saturated carbocycles. The first-order valence-electron chi connectivity index (χ1n) is 9.64. The van der Waals surface area contributed by atoms with E-state index in [9.17, 15) is 9.18 Å². The number of ether oxygens (including phenoxy) is 1. The van der Waals surface area contributed by atoms with Gasteiger partial charge in [-0.15, -0.1) is 0 Å². The predicted molar refractivity (Wildman–Crippen MR) is 113 cm³/mol. The average molecular weight is 404 g/mol. The van der Waals surface area contributed by atoms with Crippen molar-refractivity contribution in [2.45, 2.75) is 19.9 Å². The Bertz CT molecular complexity index is 1220. The van der Waals surface area contributed by atoms with Crippen LogP contribution < -0.4 is 4.74 Å². The SMILES string of the molecule is Cc1ccc(F)cc1-c1cccc(CCOc2cnc3c(ccn3CC(=O)O)c2)c1. The number of halogens is 1. The van der Waals surface area contributed by atoms with Crippen LogP contribution in [-0.4, -0.2) is 27.2 Å². The molecule has 0 atom stereocenters. The van der Waals surface area contributed by atoms with E-state index in [1.165, 1.54) is 6.07 Å². The fraction of sp³-hybridized carbons (Fsp3) is 0.167. The number of benzene rings is 2. The monoisotopic (exact) mass is 404 g/mol. The number of pyridine rings is 1. The van der Waals surface area contributed by atoms with Gasteiger partial charge in [0.05, 0.1) is 12.8 Å². The Balaban J connectivity index is 1.43. The minimum Gasteiger partial charge on any atom is -0.492 e. The van der Waals surface area contributed by atoms with E-state index < -0.39 is 5.97 Å². The van der Waals surface area contributed by atoms with E-state index in [4.69, 9.17) is 9.84 Å². The lowest BCUT2D eigenvalue weighted by Crippen LogP contribution is -2.08. The van der Waals surface area contributed by atoms with E-state index in [1.54, 1.807) is 29.1 Å². The van der Waals surface area contributed by atoms with E-state index >= 15 is 0 Å². The molecule has 152 valence electrons. The summed E-state index contributed by atoms with van der Waals surface area (Å²) in [4.78, 5) is 15.2. The molecule has 0 amide bonds. The summed E-state index contributed by atoms with van der Waals surface area (Å²) in [5.41, 5.74) is 4.60. The van der Waals surface area contributed by atoms with Crippen LogP contribution in [0.4, 0.5) is 4.39 Å². The minimum absolute atomic E-state index is 0.127. The number of aromatic nitrogens is 2. The number of rotatable bonds is 7. The fourth-order valence-electron chi connectivity index (χ4n) is 3.50. The first-order chi connectivity index (χ1) is 14.5. The van der Waals surface area contributed by atoms with Crippen molar-refractivity contribution in [3.63, 3.8) is 0 Å². The van der Waals surface area contributed by atoms with Crippen molar-refractivity contribution < 1.29 is 19.0 Å². The number of hydrogen-bond acceptors (Lipinski definition) is 3. The lowest BCUT2D eigenvalue weighted by molar-refractivity contribution is -0.137. The van der Waals surface area contributed by atoms with Crippen molar-refractivity contribution in [2.75, 3.05) is 6.61 Å². The Morgan fingerprint density at radius 1 is 1.17 bits per heavy atom. The Morgan fingerprint density at radius 2 is 2.03 bits per heavy atom. The molecule has 4 aromatic rings. The zero-order chi connectivity index (χ0) is 21.1. The summed E-state index contributed by atoms with van der Waals surface area (Å²) in [6.45, 7) is 2.31. The normalized spacial score (nSPS) is 11.0. The summed E-state index contributed by atoms with van der Waals surface area (Å²) in [7, 11) is 0. The third-order valence-corrected chi connectivity index (χ3v) is 4.98. The molecule has 0 aliphatic rings. The molecule has 2 aromatic heterocycles. The van der Waals surface area contributed by atoms with Gasteiger partial charge in [-0.1, -0.05) is 30.3 Å². The molecule has 0 radical (unpaired) electrons. The summed E-state index contributed by atoms with van der Waals surface area (Å²) >= 11 is 0. The number of carboxylic acid groups (broad SMARTS) is 1. The molecule has 30 heavy (non-hydrogen) atoms. The number of nitrogens with zero attached hydrogens (tertiary/aromatic N) is 2. The highest BCUT2D eigenvalue weighted by Gasteiger charge is 2.08. The van der Waals surface area contributed by atoms with Gasteiger partial charge in [0.25, 0.3) is 0 Å². The number of hydrogen-bond donors (Lipinski definition) is 1. The predicted octanol–water partition coefficient (Wildman–Crippen LogP) is 4.86. The fourth-order valence-corrected chi connectivity index (χ4v) is 3.50. The van der Waals surface area contributed by atoms with Crippen molar-refractivity contribution in [1.82, 2.24) is 9.55 Å². The maximum atomic E-state index is 13.6. The van der Waals surface area contributed by atoms with Crippen LogP contribution in [0.2, 0.25) is 0 Å². The molecular formula is C24H21FN2O3. The van der Waals surface area contributed by atoms with Gasteiger partial charge in [-0.3, -0.25) is 4.79 Å². The molecular weight excluding hydrogens is 383 g/mol. The molecule has 0 aliphatic heterocycles. The smallest absolute Gasteiger partial charge is 0.323 e. The van der Waals surface area contributed by atoms with Gasteiger partial charge in [0.1, 0.15) is 23.8 Å². The van der Waals surface area contributed by atoms with Crippen LogP contribution in [0.3, 0.4) is 0 Å². The van der Waals surface area contributed by atoms with Crippen LogP contribution in [0.5, 0.6) is 5.75 Å². The van der Waals surface area contributed by atoms with Crippen LogP contribution in [0, 0.1) is 12.7 Å². The van der Waals surface area contributed by atoms with Gasteiger partial charge in [-0.05, 0) is 53.4 Å². The average Bonchev–Trinajstić information content (AvgIpc) is 3.11. The standard InChI is InChI=1S/C24H21FN2O3/c1-16-5-6-20(25)13-22(16)18-4-2-3-17(11-18)8-10-30-21-12-19-7-9-27(15-23(28)29)24(19)26-14-21/h2-7,9,11-14H,8,10,15H2,1H3,(H,28,29). The molecule has 4 rings (SSSR count). The molecule has 2 heterocycles. The molecule has 0 saturated heterocycles. The quantitative estimate of drug-likeness (QED) is 0.478. The van der Waals surface area contributed by atoms with Crippen LogP contribution >= 0.6 is 0 Å². The van der Waals surface area contributed by atoms with E-state index in [0.717, 1.165) is 27.6 Å². The Labute approximate surface area is 173 Å². The Kier molecular flexibility index (Phi) is 5.48. The van der Waals surface area contributed by atoms with Crippen LogP contribution in [0.15, 0.2) is 67.0 Å². The molecule has 1 N–H and O–H groups in total. The van der Waals surface area contributed by atoms with Gasteiger partial charge >= 0.3 is 5.97 Å². The molecule has 0 fully saturated rings. The molecule has 0 bridgehead atoms. The lowest BCUT2D eigenvalue weighted by atomic mass is 9.98. The van der Waals surface area contributed by atoms with Gasteiger partial charge < -0.3 is 14.4 Å². The first-order valence-corrected chi connectivity index (χ1v) is 9.64. The van der Waals surface area contributed by atoms with Gasteiger partial charge in [-0.2, -0.15) is 0 Å². The van der Waals surface area contributed by atoms with E-state index in [1.807, 2.05) is 37.3 Å². The summed E-state index contributed by atoms with van der Waals surface area (Å²) in [6, 6.07) is 16.5. The van der Waals surface area contributed by atoms with Crippen molar-refractivity contribution in [3.8, 4) is 16.9 Å². The van der Waals surface area contributed by atoms with Crippen molar-refractivity contribution in [2.24, 2.45) is 0 Å². The van der Waals surface area contributed by atoms with Gasteiger partial charge in [0.15, 0.2) is 0 Å². The van der Waals surface area contributed by atoms with Crippen LogP contribution in [-0.2, 0) is 17.8 Å². The molecule has 2 aromatic carbocycles. The number of aryl methyl sites for hydroxylation is 1. The highest BCUT2D eigenvalue weighted by atomic mass is 19.1. The van der Waals surface area contributed by atoms with Crippen LogP contribution in [0.1, 0.15) is 11.1 Å². The molecule has 0 spiro atoms. The van der Waals surface area contributed by atoms with E-state index in [-0.39, 0.29) is 12.4 Å². The molecule has 0 unspecified atom stereocenters. The first kappa shape index (κ1) is 19.6. The molecule has 0 aliphatic carbocycles. The minimum atomic E-state index is -0.912. The van der Waals surface area contributed by atoms with Crippen molar-refractivity contribution >= 4 is 17.0 Å². The maximum Gasteiger partial charge on any atom is 0.323 e. The summed E-state index contributed by atoms with van der Waals surface area (Å²) in [6.07, 6.45) is 4.00. The maximum absolute atomic E-state index is 13.6.